The van der Waals surface area contributed by atoms with Gasteiger partial charge >= 0.3 is 0 Å². The first-order valence-corrected chi connectivity index (χ1v) is 5.97. The molecule has 1 aromatic heterocycles. The third-order valence-corrected chi connectivity index (χ3v) is 3.33. The predicted molar refractivity (Wildman–Crippen MR) is 75.0 cm³/mol. The van der Waals surface area contributed by atoms with Crippen molar-refractivity contribution in [3.8, 4) is 11.3 Å². The number of benzene rings is 2. The van der Waals surface area contributed by atoms with E-state index in [4.69, 9.17) is 0 Å². The van der Waals surface area contributed by atoms with Crippen LogP contribution >= 0.6 is 0 Å². The number of hydrogen-bond acceptors (Lipinski definition) is 2. The van der Waals surface area contributed by atoms with Gasteiger partial charge in [-0.05, 0) is 17.7 Å². The molecular weight excluding hydrogens is 240 g/mol. The Morgan fingerprint density at radius 3 is 2.47 bits per heavy atom. The zero-order chi connectivity index (χ0) is 13.4. The van der Waals surface area contributed by atoms with Crippen molar-refractivity contribution in [2.45, 2.75) is 0 Å². The van der Waals surface area contributed by atoms with Gasteiger partial charge in [0.1, 0.15) is 0 Å². The Morgan fingerprint density at radius 2 is 1.79 bits per heavy atom. The van der Waals surface area contributed by atoms with E-state index in [-0.39, 0.29) is 10.6 Å². The van der Waals surface area contributed by atoms with Crippen LogP contribution in [0.2, 0.25) is 0 Å². The third kappa shape index (κ3) is 1.78. The topological polar surface area (TPSA) is 48.1 Å². The van der Waals surface area contributed by atoms with Gasteiger partial charge in [0.2, 0.25) is 0 Å². The Labute approximate surface area is 110 Å². The molecule has 0 spiro atoms. The number of aromatic nitrogens is 1. The molecule has 0 unspecified atom stereocenters. The molecule has 19 heavy (non-hydrogen) atoms. The zero-order valence-corrected chi connectivity index (χ0v) is 10.4. The highest BCUT2D eigenvalue weighted by Crippen LogP contribution is 2.32. The van der Waals surface area contributed by atoms with Crippen LogP contribution in [-0.2, 0) is 7.05 Å². The Kier molecular flexibility index (Phi) is 2.56. The molecule has 0 saturated carbocycles. The number of nitrogens with zero attached hydrogens (tertiary/aromatic N) is 2. The van der Waals surface area contributed by atoms with Crippen LogP contribution in [0.15, 0.2) is 54.6 Å². The lowest BCUT2D eigenvalue weighted by Gasteiger charge is -2.03. The molecule has 0 aliphatic rings. The Balaban J connectivity index is 2.32. The van der Waals surface area contributed by atoms with Crippen LogP contribution < -0.4 is 0 Å². The fourth-order valence-electron chi connectivity index (χ4n) is 2.39. The van der Waals surface area contributed by atoms with Gasteiger partial charge in [-0.1, -0.05) is 36.4 Å². The lowest BCUT2D eigenvalue weighted by atomic mass is 10.1. The second-order valence-electron chi connectivity index (χ2n) is 4.42. The highest BCUT2D eigenvalue weighted by atomic mass is 16.6. The predicted octanol–water partition coefficient (Wildman–Crippen LogP) is 3.75. The number of hydrogen-bond donors (Lipinski definition) is 0. The molecule has 0 atom stereocenters. The molecule has 0 fully saturated rings. The van der Waals surface area contributed by atoms with Crippen molar-refractivity contribution in [1.29, 1.82) is 0 Å². The van der Waals surface area contributed by atoms with Gasteiger partial charge in [-0.2, -0.15) is 0 Å². The second kappa shape index (κ2) is 4.24. The largest absolute Gasteiger partial charge is 0.343 e. The van der Waals surface area contributed by atoms with Crippen molar-refractivity contribution in [3.63, 3.8) is 0 Å². The zero-order valence-electron chi connectivity index (χ0n) is 10.4. The quantitative estimate of drug-likeness (QED) is 0.515. The lowest BCUT2D eigenvalue weighted by Crippen LogP contribution is -1.91. The molecule has 0 radical (unpaired) electrons. The summed E-state index contributed by atoms with van der Waals surface area (Å²) in [6.45, 7) is 0. The number of non-ortho nitro benzene ring substituents is 1. The first-order chi connectivity index (χ1) is 9.18. The third-order valence-electron chi connectivity index (χ3n) is 3.33. The average molecular weight is 252 g/mol. The monoisotopic (exact) mass is 252 g/mol. The first-order valence-electron chi connectivity index (χ1n) is 5.97. The molecule has 3 aromatic rings. The van der Waals surface area contributed by atoms with Crippen molar-refractivity contribution in [2.24, 2.45) is 7.05 Å². The number of nitro benzene ring substituents is 1. The number of fused-ring (bicyclic) bond motifs is 1. The minimum absolute atomic E-state index is 0.148. The summed E-state index contributed by atoms with van der Waals surface area (Å²) in [4.78, 5) is 10.7. The van der Waals surface area contributed by atoms with Crippen LogP contribution in [0.1, 0.15) is 0 Å². The minimum Gasteiger partial charge on any atom is -0.343 e. The highest BCUT2D eigenvalue weighted by Gasteiger charge is 2.16. The van der Waals surface area contributed by atoms with E-state index in [1.165, 1.54) is 6.07 Å². The van der Waals surface area contributed by atoms with E-state index in [1.54, 1.807) is 6.07 Å². The summed E-state index contributed by atoms with van der Waals surface area (Å²) < 4.78 is 1.98. The van der Waals surface area contributed by atoms with E-state index >= 15 is 0 Å². The number of aryl methyl sites for hydroxylation is 1. The fourth-order valence-corrected chi connectivity index (χ4v) is 2.39. The Morgan fingerprint density at radius 1 is 1.05 bits per heavy atom. The normalized spacial score (nSPS) is 10.8. The van der Waals surface area contributed by atoms with Crippen molar-refractivity contribution >= 4 is 16.6 Å². The standard InChI is InChI=1S/C15H12N2O2/c1-16-13-8-5-9-14(17(18)19)12(13)10-15(16)11-6-3-2-4-7-11/h2-10H,1H3. The molecule has 2 aromatic carbocycles. The van der Waals surface area contributed by atoms with Gasteiger partial charge < -0.3 is 4.57 Å². The minimum atomic E-state index is -0.336. The summed E-state index contributed by atoms with van der Waals surface area (Å²) in [5, 5.41) is 11.7. The van der Waals surface area contributed by atoms with Crippen LogP contribution in [0.5, 0.6) is 0 Å². The SMILES string of the molecule is Cn1c(-c2ccccc2)cc2c([N+](=O)[O-])cccc21. The summed E-state index contributed by atoms with van der Waals surface area (Å²) in [7, 11) is 1.92. The summed E-state index contributed by atoms with van der Waals surface area (Å²) in [5.74, 6) is 0. The van der Waals surface area contributed by atoms with Gasteiger partial charge in [0, 0.05) is 18.8 Å². The molecule has 0 amide bonds. The van der Waals surface area contributed by atoms with Crippen molar-refractivity contribution in [3.05, 3.63) is 64.7 Å². The van der Waals surface area contributed by atoms with Crippen LogP contribution in [0.3, 0.4) is 0 Å². The maximum atomic E-state index is 11.1. The highest BCUT2D eigenvalue weighted by molar-refractivity contribution is 5.93. The van der Waals surface area contributed by atoms with E-state index in [0.717, 1.165) is 16.8 Å². The van der Waals surface area contributed by atoms with Gasteiger partial charge in [0.05, 0.1) is 15.8 Å². The van der Waals surface area contributed by atoms with Gasteiger partial charge in [-0.3, -0.25) is 10.1 Å². The molecule has 0 N–H and O–H groups in total. The van der Waals surface area contributed by atoms with Crippen molar-refractivity contribution in [1.82, 2.24) is 4.57 Å². The van der Waals surface area contributed by atoms with E-state index in [2.05, 4.69) is 0 Å². The van der Waals surface area contributed by atoms with Crippen LogP contribution in [0.4, 0.5) is 5.69 Å². The molecule has 0 aliphatic heterocycles. The van der Waals surface area contributed by atoms with Gasteiger partial charge in [-0.25, -0.2) is 0 Å². The van der Waals surface area contributed by atoms with E-state index in [9.17, 15) is 10.1 Å². The molecule has 4 nitrogen and oxygen atoms in total. The van der Waals surface area contributed by atoms with Crippen molar-refractivity contribution < 1.29 is 4.92 Å². The summed E-state index contributed by atoms with van der Waals surface area (Å²) in [6, 6.07) is 16.9. The summed E-state index contributed by atoms with van der Waals surface area (Å²) >= 11 is 0. The smallest absolute Gasteiger partial charge is 0.278 e. The number of nitro groups is 1. The van der Waals surface area contributed by atoms with E-state index in [1.807, 2.05) is 54.1 Å². The summed E-state index contributed by atoms with van der Waals surface area (Å²) in [6.07, 6.45) is 0. The van der Waals surface area contributed by atoms with E-state index < -0.39 is 0 Å². The molecular formula is C15H12N2O2. The molecule has 0 saturated heterocycles. The molecule has 0 bridgehead atoms. The molecule has 94 valence electrons. The Bertz CT molecular complexity index is 760. The molecule has 4 heteroatoms. The maximum Gasteiger partial charge on any atom is 0.278 e. The van der Waals surface area contributed by atoms with Gasteiger partial charge in [0.15, 0.2) is 0 Å². The molecule has 3 rings (SSSR count). The average Bonchev–Trinajstić information content (AvgIpc) is 2.77. The van der Waals surface area contributed by atoms with E-state index in [0.29, 0.717) is 5.39 Å². The van der Waals surface area contributed by atoms with Crippen LogP contribution in [0, 0.1) is 10.1 Å². The van der Waals surface area contributed by atoms with Crippen LogP contribution in [-0.4, -0.2) is 9.49 Å². The molecule has 1 heterocycles. The lowest BCUT2D eigenvalue weighted by molar-refractivity contribution is -0.383. The number of rotatable bonds is 2. The van der Waals surface area contributed by atoms with Crippen LogP contribution in [0.25, 0.3) is 22.2 Å². The second-order valence-corrected chi connectivity index (χ2v) is 4.42. The first kappa shape index (κ1) is 11.5. The molecule has 0 aliphatic carbocycles. The maximum absolute atomic E-state index is 11.1. The fraction of sp³-hybridized carbons (Fsp3) is 0.0667. The van der Waals surface area contributed by atoms with Gasteiger partial charge in [0.25, 0.3) is 5.69 Å². The Hall–Kier alpha value is -2.62. The van der Waals surface area contributed by atoms with Crippen molar-refractivity contribution in [2.75, 3.05) is 0 Å². The summed E-state index contributed by atoms with van der Waals surface area (Å²) in [5.41, 5.74) is 3.05. The van der Waals surface area contributed by atoms with Gasteiger partial charge in [-0.15, -0.1) is 0 Å².